The molecule has 1 N–H and O–H groups in total. The maximum absolute atomic E-state index is 4.24. The summed E-state index contributed by atoms with van der Waals surface area (Å²) in [6.07, 6.45) is 1.72. The SMILES string of the molecule is CCNC(Cc1nnn(C)n1)Cc1ccccc1Br. The normalized spacial score (nSPS) is 12.6. The summed E-state index contributed by atoms with van der Waals surface area (Å²) in [4.78, 5) is 1.50. The molecule has 5 nitrogen and oxygen atoms in total. The van der Waals surface area contributed by atoms with E-state index in [2.05, 4.69) is 61.8 Å². The number of nitrogens with zero attached hydrogens (tertiary/aromatic N) is 4. The van der Waals surface area contributed by atoms with Crippen molar-refractivity contribution >= 4 is 15.9 Å². The summed E-state index contributed by atoms with van der Waals surface area (Å²) >= 11 is 3.59. The van der Waals surface area contributed by atoms with Crippen LogP contribution in [0.5, 0.6) is 0 Å². The molecule has 6 heteroatoms. The van der Waals surface area contributed by atoms with Gasteiger partial charge in [0, 0.05) is 16.9 Å². The summed E-state index contributed by atoms with van der Waals surface area (Å²) < 4.78 is 1.14. The average Bonchev–Trinajstić information content (AvgIpc) is 2.78. The number of likely N-dealkylation sites (N-methyl/N-ethyl adjacent to an activating group) is 1. The number of rotatable bonds is 6. The molecule has 1 atom stereocenters. The lowest BCUT2D eigenvalue weighted by molar-refractivity contribution is 0.508. The highest BCUT2D eigenvalue weighted by molar-refractivity contribution is 9.10. The Morgan fingerprint density at radius 2 is 2.11 bits per heavy atom. The van der Waals surface area contributed by atoms with Crippen molar-refractivity contribution in [3.63, 3.8) is 0 Å². The smallest absolute Gasteiger partial charge is 0.176 e. The van der Waals surface area contributed by atoms with Crippen molar-refractivity contribution in [1.29, 1.82) is 0 Å². The highest BCUT2D eigenvalue weighted by atomic mass is 79.9. The van der Waals surface area contributed by atoms with Gasteiger partial charge in [-0.15, -0.1) is 10.2 Å². The molecule has 1 aromatic carbocycles. The van der Waals surface area contributed by atoms with Crippen LogP contribution < -0.4 is 5.32 Å². The fourth-order valence-corrected chi connectivity index (χ4v) is 2.51. The van der Waals surface area contributed by atoms with Crippen LogP contribution in [0.3, 0.4) is 0 Å². The van der Waals surface area contributed by atoms with Crippen molar-refractivity contribution in [2.24, 2.45) is 7.05 Å². The van der Waals surface area contributed by atoms with Gasteiger partial charge in [-0.25, -0.2) is 0 Å². The second-order valence-corrected chi connectivity index (χ2v) is 5.30. The van der Waals surface area contributed by atoms with Crippen LogP contribution in [0.25, 0.3) is 0 Å². The van der Waals surface area contributed by atoms with Crippen molar-refractivity contribution in [1.82, 2.24) is 25.5 Å². The predicted octanol–water partition coefficient (Wildman–Crippen LogP) is 1.74. The molecule has 2 rings (SSSR count). The van der Waals surface area contributed by atoms with Gasteiger partial charge in [-0.2, -0.15) is 4.80 Å². The van der Waals surface area contributed by atoms with Gasteiger partial charge in [0.05, 0.1) is 7.05 Å². The first-order chi connectivity index (χ1) is 9.19. The average molecular weight is 324 g/mol. The molecule has 1 unspecified atom stereocenters. The van der Waals surface area contributed by atoms with Gasteiger partial charge in [0.15, 0.2) is 5.82 Å². The first-order valence-electron chi connectivity index (χ1n) is 6.38. The highest BCUT2D eigenvalue weighted by Crippen LogP contribution is 2.18. The molecular weight excluding hydrogens is 306 g/mol. The number of aromatic nitrogens is 4. The van der Waals surface area contributed by atoms with Gasteiger partial charge >= 0.3 is 0 Å². The van der Waals surface area contributed by atoms with Crippen LogP contribution in [0.15, 0.2) is 28.7 Å². The minimum absolute atomic E-state index is 0.313. The third-order valence-corrected chi connectivity index (χ3v) is 3.67. The minimum atomic E-state index is 0.313. The molecule has 2 aromatic rings. The molecule has 0 saturated heterocycles. The Morgan fingerprint density at radius 1 is 1.32 bits per heavy atom. The van der Waals surface area contributed by atoms with Crippen LogP contribution in [-0.2, 0) is 19.9 Å². The zero-order chi connectivity index (χ0) is 13.7. The van der Waals surface area contributed by atoms with E-state index in [1.807, 2.05) is 6.07 Å². The fraction of sp³-hybridized carbons (Fsp3) is 0.462. The van der Waals surface area contributed by atoms with Crippen LogP contribution in [0, 0.1) is 0 Å². The topological polar surface area (TPSA) is 55.6 Å². The zero-order valence-electron chi connectivity index (χ0n) is 11.2. The van der Waals surface area contributed by atoms with E-state index in [1.165, 1.54) is 10.4 Å². The maximum Gasteiger partial charge on any atom is 0.176 e. The molecule has 0 aliphatic rings. The van der Waals surface area contributed by atoms with Crippen molar-refractivity contribution in [2.75, 3.05) is 6.54 Å². The van der Waals surface area contributed by atoms with E-state index in [9.17, 15) is 0 Å². The lowest BCUT2D eigenvalue weighted by Gasteiger charge is -2.17. The summed E-state index contributed by atoms with van der Waals surface area (Å²) in [6.45, 7) is 3.03. The summed E-state index contributed by atoms with van der Waals surface area (Å²) in [5.41, 5.74) is 1.29. The third-order valence-electron chi connectivity index (χ3n) is 2.90. The summed E-state index contributed by atoms with van der Waals surface area (Å²) in [6, 6.07) is 8.61. The number of hydrogen-bond acceptors (Lipinski definition) is 4. The number of nitrogens with one attached hydrogen (secondary N) is 1. The van der Waals surface area contributed by atoms with Gasteiger partial charge < -0.3 is 5.32 Å². The maximum atomic E-state index is 4.24. The fourth-order valence-electron chi connectivity index (χ4n) is 2.06. The monoisotopic (exact) mass is 323 g/mol. The van der Waals surface area contributed by atoms with Gasteiger partial charge in [0.25, 0.3) is 0 Å². The number of halogens is 1. The van der Waals surface area contributed by atoms with Crippen molar-refractivity contribution < 1.29 is 0 Å². The van der Waals surface area contributed by atoms with Crippen LogP contribution >= 0.6 is 15.9 Å². The highest BCUT2D eigenvalue weighted by Gasteiger charge is 2.14. The van der Waals surface area contributed by atoms with E-state index < -0.39 is 0 Å². The molecule has 0 bridgehead atoms. The van der Waals surface area contributed by atoms with E-state index >= 15 is 0 Å². The molecular formula is C13H18BrN5. The van der Waals surface area contributed by atoms with Gasteiger partial charge in [-0.05, 0) is 29.8 Å². The number of benzene rings is 1. The Kier molecular flexibility index (Phi) is 5.04. The molecule has 0 radical (unpaired) electrons. The lowest BCUT2D eigenvalue weighted by Crippen LogP contribution is -2.33. The first kappa shape index (κ1) is 14.1. The van der Waals surface area contributed by atoms with Gasteiger partial charge in [0.2, 0.25) is 0 Å². The van der Waals surface area contributed by atoms with E-state index in [0.717, 1.165) is 29.7 Å². The van der Waals surface area contributed by atoms with E-state index in [1.54, 1.807) is 7.05 Å². The Hall–Kier alpha value is -1.27. The Morgan fingerprint density at radius 3 is 2.74 bits per heavy atom. The lowest BCUT2D eigenvalue weighted by atomic mass is 10.0. The van der Waals surface area contributed by atoms with Gasteiger partial charge in [0.1, 0.15) is 0 Å². The quantitative estimate of drug-likeness (QED) is 0.879. The van der Waals surface area contributed by atoms with Crippen molar-refractivity contribution in [3.05, 3.63) is 40.1 Å². The van der Waals surface area contributed by atoms with Gasteiger partial charge in [-0.3, -0.25) is 0 Å². The first-order valence-corrected chi connectivity index (χ1v) is 7.18. The standard InChI is InChI=1S/C13H18BrN5/c1-3-15-11(9-13-16-18-19(2)17-13)8-10-6-4-5-7-12(10)14/h4-7,11,15H,3,8-9H2,1-2H3. The number of tetrazole rings is 1. The molecule has 0 amide bonds. The second-order valence-electron chi connectivity index (χ2n) is 4.45. The predicted molar refractivity (Wildman–Crippen MR) is 77.8 cm³/mol. The Labute approximate surface area is 121 Å². The summed E-state index contributed by atoms with van der Waals surface area (Å²) in [5.74, 6) is 0.778. The molecule has 1 aromatic heterocycles. The summed E-state index contributed by atoms with van der Waals surface area (Å²) in [5, 5.41) is 15.6. The van der Waals surface area contributed by atoms with Crippen molar-refractivity contribution in [2.45, 2.75) is 25.8 Å². The van der Waals surface area contributed by atoms with E-state index in [0.29, 0.717) is 6.04 Å². The molecule has 0 fully saturated rings. The molecule has 0 spiro atoms. The van der Waals surface area contributed by atoms with E-state index in [-0.39, 0.29) is 0 Å². The molecule has 0 aliphatic carbocycles. The molecule has 19 heavy (non-hydrogen) atoms. The third kappa shape index (κ3) is 4.11. The van der Waals surface area contributed by atoms with Crippen LogP contribution in [-0.4, -0.2) is 32.8 Å². The van der Waals surface area contributed by atoms with Crippen LogP contribution in [0.4, 0.5) is 0 Å². The zero-order valence-corrected chi connectivity index (χ0v) is 12.8. The minimum Gasteiger partial charge on any atom is -0.313 e. The molecule has 102 valence electrons. The van der Waals surface area contributed by atoms with Gasteiger partial charge in [-0.1, -0.05) is 41.1 Å². The van der Waals surface area contributed by atoms with Crippen molar-refractivity contribution in [3.8, 4) is 0 Å². The summed E-state index contributed by atoms with van der Waals surface area (Å²) in [7, 11) is 1.78. The molecule has 0 saturated carbocycles. The van der Waals surface area contributed by atoms with E-state index in [4.69, 9.17) is 0 Å². The molecule has 0 aliphatic heterocycles. The number of hydrogen-bond donors (Lipinski definition) is 1. The Bertz CT molecular complexity index is 525. The second kappa shape index (κ2) is 6.77. The Balaban J connectivity index is 2.06. The van der Waals surface area contributed by atoms with Crippen LogP contribution in [0.2, 0.25) is 0 Å². The number of aryl methyl sites for hydroxylation is 1. The van der Waals surface area contributed by atoms with Crippen LogP contribution in [0.1, 0.15) is 18.3 Å². The molecule has 1 heterocycles. The largest absolute Gasteiger partial charge is 0.313 e.